The van der Waals surface area contributed by atoms with Gasteiger partial charge in [0.05, 0.1) is 6.61 Å². The highest BCUT2D eigenvalue weighted by molar-refractivity contribution is 5.80. The zero-order valence-corrected chi connectivity index (χ0v) is 11.2. The first-order chi connectivity index (χ1) is 8.81. The van der Waals surface area contributed by atoms with Gasteiger partial charge >= 0.3 is 5.97 Å². The average Bonchev–Trinajstić information content (AvgIpc) is 2.39. The van der Waals surface area contributed by atoms with Crippen LogP contribution in [0.2, 0.25) is 0 Å². The van der Waals surface area contributed by atoms with Crippen molar-refractivity contribution in [2.24, 2.45) is 0 Å². The van der Waals surface area contributed by atoms with E-state index in [1.54, 1.807) is 0 Å². The summed E-state index contributed by atoms with van der Waals surface area (Å²) in [5.41, 5.74) is 0. The van der Waals surface area contributed by atoms with Gasteiger partial charge in [-0.15, -0.1) is 0 Å². The highest BCUT2D eigenvalue weighted by atomic mass is 17.2. The fourth-order valence-corrected chi connectivity index (χ4v) is 1.15. The van der Waals surface area contributed by atoms with Crippen LogP contribution in [-0.2, 0) is 24.0 Å². The van der Waals surface area contributed by atoms with Crippen LogP contribution in [-0.4, -0.2) is 39.0 Å². The number of rotatable bonds is 13. The fraction of sp³-hybridized carbons (Fsp3) is 0.769. The topological polar surface area (TPSA) is 54.0 Å². The molecule has 0 heterocycles. The zero-order valence-electron chi connectivity index (χ0n) is 11.2. The maximum atomic E-state index is 10.6. The van der Waals surface area contributed by atoms with Gasteiger partial charge in [0.25, 0.3) is 0 Å². The molecule has 0 unspecified atom stereocenters. The van der Waals surface area contributed by atoms with Crippen LogP contribution in [0.3, 0.4) is 0 Å². The average molecular weight is 260 g/mol. The van der Waals surface area contributed by atoms with Crippen LogP contribution in [0.4, 0.5) is 0 Å². The molecule has 0 aromatic heterocycles. The van der Waals surface area contributed by atoms with Crippen molar-refractivity contribution in [3.05, 3.63) is 12.7 Å². The third kappa shape index (κ3) is 13.2. The van der Waals surface area contributed by atoms with Gasteiger partial charge in [-0.2, -0.15) is 4.89 Å². The van der Waals surface area contributed by atoms with Gasteiger partial charge in [0.2, 0.25) is 0 Å². The molecule has 5 heteroatoms. The molecule has 0 aliphatic heterocycles. The molecule has 0 saturated heterocycles. The summed E-state index contributed by atoms with van der Waals surface area (Å²) in [6.07, 6.45) is 4.80. The van der Waals surface area contributed by atoms with E-state index in [0.29, 0.717) is 13.2 Å². The van der Waals surface area contributed by atoms with E-state index in [1.165, 1.54) is 0 Å². The van der Waals surface area contributed by atoms with E-state index in [0.717, 1.165) is 51.6 Å². The number of hydrogen-bond donors (Lipinski definition) is 0. The van der Waals surface area contributed by atoms with Gasteiger partial charge in [-0.3, -0.25) is 4.89 Å². The summed E-state index contributed by atoms with van der Waals surface area (Å²) in [5.74, 6) is -0.569. The smallest absolute Gasteiger partial charge is 0.365 e. The van der Waals surface area contributed by atoms with E-state index in [1.807, 2.05) is 6.92 Å². The molecular formula is C13H24O5. The summed E-state index contributed by atoms with van der Waals surface area (Å²) in [7, 11) is 0. The van der Waals surface area contributed by atoms with Gasteiger partial charge in [-0.25, -0.2) is 4.79 Å². The SMILES string of the molecule is C=CC(=O)OOCCCCOCCCCOCC. The summed E-state index contributed by atoms with van der Waals surface area (Å²) >= 11 is 0. The predicted molar refractivity (Wildman–Crippen MR) is 68.0 cm³/mol. The van der Waals surface area contributed by atoms with E-state index < -0.39 is 5.97 Å². The Hall–Kier alpha value is -0.910. The number of unbranched alkanes of at least 4 members (excludes halogenated alkanes) is 2. The van der Waals surface area contributed by atoms with Crippen LogP contribution in [0, 0.1) is 0 Å². The molecule has 0 aliphatic rings. The third-order valence-corrected chi connectivity index (χ3v) is 2.11. The molecule has 5 nitrogen and oxygen atoms in total. The maximum absolute atomic E-state index is 10.6. The molecule has 0 radical (unpaired) electrons. The number of carbonyl (C=O) groups excluding carboxylic acids is 1. The van der Waals surface area contributed by atoms with Gasteiger partial charge in [-0.05, 0) is 32.6 Å². The Balaban J connectivity index is 2.98. The minimum atomic E-state index is -0.569. The maximum Gasteiger partial charge on any atom is 0.365 e. The highest BCUT2D eigenvalue weighted by Crippen LogP contribution is 1.96. The van der Waals surface area contributed by atoms with Crippen molar-refractivity contribution in [3.63, 3.8) is 0 Å². The summed E-state index contributed by atoms with van der Waals surface area (Å²) in [6, 6.07) is 0. The van der Waals surface area contributed by atoms with Crippen LogP contribution < -0.4 is 0 Å². The highest BCUT2D eigenvalue weighted by Gasteiger charge is 1.96. The van der Waals surface area contributed by atoms with Crippen molar-refractivity contribution in [2.75, 3.05) is 33.0 Å². The molecule has 106 valence electrons. The Morgan fingerprint density at radius 1 is 1.00 bits per heavy atom. The molecule has 0 spiro atoms. The lowest BCUT2D eigenvalue weighted by Gasteiger charge is -2.04. The number of hydrogen-bond acceptors (Lipinski definition) is 5. The van der Waals surface area contributed by atoms with Crippen LogP contribution in [0.1, 0.15) is 32.6 Å². The Labute approximate surface area is 109 Å². The van der Waals surface area contributed by atoms with Crippen LogP contribution in [0.25, 0.3) is 0 Å². The molecule has 0 aliphatic carbocycles. The molecule has 0 N–H and O–H groups in total. The van der Waals surface area contributed by atoms with Crippen molar-refractivity contribution in [2.45, 2.75) is 32.6 Å². The Morgan fingerprint density at radius 2 is 1.56 bits per heavy atom. The zero-order chi connectivity index (χ0) is 13.5. The molecular weight excluding hydrogens is 236 g/mol. The molecule has 18 heavy (non-hydrogen) atoms. The second-order valence-electron chi connectivity index (χ2n) is 3.65. The van der Waals surface area contributed by atoms with E-state index in [-0.39, 0.29) is 0 Å². The summed E-state index contributed by atoms with van der Waals surface area (Å²) in [6.45, 7) is 8.67. The van der Waals surface area contributed by atoms with E-state index in [2.05, 4.69) is 16.4 Å². The lowest BCUT2D eigenvalue weighted by atomic mass is 10.3. The van der Waals surface area contributed by atoms with Crippen molar-refractivity contribution in [1.82, 2.24) is 0 Å². The summed E-state index contributed by atoms with van der Waals surface area (Å²) in [4.78, 5) is 19.6. The molecule has 0 saturated carbocycles. The number of carbonyl (C=O) groups is 1. The van der Waals surface area contributed by atoms with Crippen molar-refractivity contribution in [3.8, 4) is 0 Å². The first kappa shape index (κ1) is 17.1. The van der Waals surface area contributed by atoms with Crippen molar-refractivity contribution < 1.29 is 24.0 Å². The third-order valence-electron chi connectivity index (χ3n) is 2.11. The van der Waals surface area contributed by atoms with Crippen molar-refractivity contribution in [1.29, 1.82) is 0 Å². The van der Waals surface area contributed by atoms with Crippen LogP contribution in [0.5, 0.6) is 0 Å². The van der Waals surface area contributed by atoms with E-state index >= 15 is 0 Å². The van der Waals surface area contributed by atoms with E-state index in [4.69, 9.17) is 9.47 Å². The number of ether oxygens (including phenoxy) is 2. The minimum Gasteiger partial charge on any atom is -0.382 e. The van der Waals surface area contributed by atoms with Crippen molar-refractivity contribution >= 4 is 5.97 Å². The van der Waals surface area contributed by atoms with Gasteiger partial charge in [0, 0.05) is 32.5 Å². The van der Waals surface area contributed by atoms with Crippen LogP contribution in [0.15, 0.2) is 12.7 Å². The quantitative estimate of drug-likeness (QED) is 0.220. The van der Waals surface area contributed by atoms with Gasteiger partial charge < -0.3 is 9.47 Å². The van der Waals surface area contributed by atoms with Gasteiger partial charge in [0.15, 0.2) is 0 Å². The summed E-state index contributed by atoms with van der Waals surface area (Å²) in [5, 5.41) is 0. The molecule has 0 aromatic rings. The Bertz CT molecular complexity index is 206. The standard InChI is InChI=1S/C13H24O5/c1-3-13(14)18-17-12-8-7-11-16-10-6-5-9-15-4-2/h3H,1,4-12H2,2H3. The molecule has 0 aromatic carbocycles. The molecule has 0 atom stereocenters. The fourth-order valence-electron chi connectivity index (χ4n) is 1.15. The molecule has 0 fully saturated rings. The predicted octanol–water partition coefficient (Wildman–Crippen LogP) is 2.26. The van der Waals surface area contributed by atoms with Gasteiger partial charge in [-0.1, -0.05) is 6.58 Å². The normalized spacial score (nSPS) is 10.3. The minimum absolute atomic E-state index is 0.382. The Kier molecular flexibility index (Phi) is 13.4. The summed E-state index contributed by atoms with van der Waals surface area (Å²) < 4.78 is 10.6. The lowest BCUT2D eigenvalue weighted by molar-refractivity contribution is -0.267. The van der Waals surface area contributed by atoms with E-state index in [9.17, 15) is 4.79 Å². The lowest BCUT2D eigenvalue weighted by Crippen LogP contribution is -2.04. The van der Waals surface area contributed by atoms with Crippen LogP contribution >= 0.6 is 0 Å². The Morgan fingerprint density at radius 3 is 2.11 bits per heavy atom. The second kappa shape index (κ2) is 14.2. The molecule has 0 amide bonds. The first-order valence-corrected chi connectivity index (χ1v) is 6.42. The largest absolute Gasteiger partial charge is 0.382 e. The first-order valence-electron chi connectivity index (χ1n) is 6.42. The monoisotopic (exact) mass is 260 g/mol. The second-order valence-corrected chi connectivity index (χ2v) is 3.65. The molecule has 0 rings (SSSR count). The molecule has 0 bridgehead atoms. The van der Waals surface area contributed by atoms with Gasteiger partial charge in [0.1, 0.15) is 0 Å².